The van der Waals surface area contributed by atoms with Gasteiger partial charge in [0, 0.05) is 5.88 Å². The van der Waals surface area contributed by atoms with Gasteiger partial charge >= 0.3 is 0 Å². The van der Waals surface area contributed by atoms with Gasteiger partial charge in [-0.25, -0.2) is 0 Å². The maximum Gasteiger partial charge on any atom is 0.0728 e. The first-order valence-electron chi connectivity index (χ1n) is 3.11. The molecule has 0 aromatic heterocycles. The summed E-state index contributed by atoms with van der Waals surface area (Å²) in [5.74, 6) is 0.571. The van der Waals surface area contributed by atoms with Crippen molar-refractivity contribution >= 4 is 11.6 Å². The molecule has 1 nitrogen and oxygen atoms in total. The summed E-state index contributed by atoms with van der Waals surface area (Å²) in [4.78, 5) is 0. The van der Waals surface area contributed by atoms with E-state index in [1.165, 1.54) is 0 Å². The van der Waals surface area contributed by atoms with Crippen LogP contribution in [0.5, 0.6) is 0 Å². The molecule has 2 heteroatoms. The first-order chi connectivity index (χ1) is 4.31. The second-order valence-corrected chi connectivity index (χ2v) is 2.17. The number of hydrogen-bond acceptors (Lipinski definition) is 1. The van der Waals surface area contributed by atoms with Crippen molar-refractivity contribution in [2.24, 2.45) is 0 Å². The van der Waals surface area contributed by atoms with Gasteiger partial charge in [0.1, 0.15) is 0 Å². The van der Waals surface area contributed by atoms with Crippen LogP contribution in [0.3, 0.4) is 0 Å². The van der Waals surface area contributed by atoms with E-state index < -0.39 is 0 Å². The van der Waals surface area contributed by atoms with Crippen molar-refractivity contribution in [2.75, 3.05) is 12.5 Å². The Balaban J connectivity index is 3.15. The van der Waals surface area contributed by atoms with E-state index in [4.69, 9.17) is 16.3 Å². The molecule has 1 unspecified atom stereocenters. The second-order valence-electron chi connectivity index (χ2n) is 1.79. The van der Waals surface area contributed by atoms with Gasteiger partial charge in [-0.15, -0.1) is 11.6 Å². The van der Waals surface area contributed by atoms with Gasteiger partial charge in [-0.3, -0.25) is 0 Å². The molecule has 0 aromatic rings. The summed E-state index contributed by atoms with van der Waals surface area (Å²) in [6, 6.07) is 0. The van der Waals surface area contributed by atoms with Gasteiger partial charge in [-0.05, 0) is 13.8 Å². The molecule has 0 bridgehead atoms. The first kappa shape index (κ1) is 8.99. The standard InChI is InChI=1S/C7H13ClO/c1-3-4-7(2)9-6-5-8/h3-4,7H,5-6H2,1-2H3/b4-3+. The van der Waals surface area contributed by atoms with Crippen LogP contribution in [0.15, 0.2) is 12.2 Å². The summed E-state index contributed by atoms with van der Waals surface area (Å²) in [5.41, 5.74) is 0. The molecule has 0 heterocycles. The van der Waals surface area contributed by atoms with Crippen LogP contribution in [-0.2, 0) is 4.74 Å². The average Bonchev–Trinajstić information content (AvgIpc) is 1.85. The molecule has 0 fully saturated rings. The van der Waals surface area contributed by atoms with Crippen LogP contribution in [0.25, 0.3) is 0 Å². The minimum atomic E-state index is 0.203. The third-order valence-electron chi connectivity index (χ3n) is 0.921. The van der Waals surface area contributed by atoms with Crippen molar-refractivity contribution in [3.63, 3.8) is 0 Å². The number of hydrogen-bond donors (Lipinski definition) is 0. The van der Waals surface area contributed by atoms with E-state index in [1.807, 2.05) is 26.0 Å². The number of allylic oxidation sites excluding steroid dienone is 1. The highest BCUT2D eigenvalue weighted by Crippen LogP contribution is 1.92. The zero-order valence-corrected chi connectivity index (χ0v) is 6.69. The third-order valence-corrected chi connectivity index (χ3v) is 1.08. The predicted octanol–water partition coefficient (Wildman–Crippen LogP) is 2.21. The van der Waals surface area contributed by atoms with Crippen LogP contribution in [0.1, 0.15) is 13.8 Å². The molecular formula is C7H13ClO. The second kappa shape index (κ2) is 6.12. The Hall–Kier alpha value is -0.0100. The lowest BCUT2D eigenvalue weighted by Gasteiger charge is -2.04. The molecule has 0 radical (unpaired) electrons. The topological polar surface area (TPSA) is 9.23 Å². The van der Waals surface area contributed by atoms with Crippen molar-refractivity contribution in [2.45, 2.75) is 20.0 Å². The largest absolute Gasteiger partial charge is 0.373 e. The van der Waals surface area contributed by atoms with Crippen molar-refractivity contribution < 1.29 is 4.74 Å². The lowest BCUT2D eigenvalue weighted by molar-refractivity contribution is 0.111. The van der Waals surface area contributed by atoms with Crippen LogP contribution in [0.4, 0.5) is 0 Å². The molecule has 0 aliphatic rings. The summed E-state index contributed by atoms with van der Waals surface area (Å²) in [5, 5.41) is 0. The summed E-state index contributed by atoms with van der Waals surface area (Å²) in [7, 11) is 0. The fourth-order valence-electron chi connectivity index (χ4n) is 0.557. The number of halogens is 1. The molecule has 0 aromatic carbocycles. The lowest BCUT2D eigenvalue weighted by Crippen LogP contribution is -2.05. The summed E-state index contributed by atoms with van der Waals surface area (Å²) in [6.45, 7) is 4.60. The van der Waals surface area contributed by atoms with Crippen molar-refractivity contribution in [1.82, 2.24) is 0 Å². The molecular weight excluding hydrogens is 136 g/mol. The summed E-state index contributed by atoms with van der Waals surface area (Å²) in [6.07, 6.45) is 4.17. The van der Waals surface area contributed by atoms with E-state index in [0.29, 0.717) is 12.5 Å². The number of alkyl halides is 1. The van der Waals surface area contributed by atoms with E-state index in [1.54, 1.807) is 0 Å². The van der Waals surface area contributed by atoms with Crippen molar-refractivity contribution in [1.29, 1.82) is 0 Å². The van der Waals surface area contributed by atoms with Gasteiger partial charge in [0.15, 0.2) is 0 Å². The molecule has 54 valence electrons. The highest BCUT2D eigenvalue weighted by atomic mass is 35.5. The number of rotatable bonds is 4. The van der Waals surface area contributed by atoms with Crippen LogP contribution in [0, 0.1) is 0 Å². The molecule has 0 saturated heterocycles. The maximum absolute atomic E-state index is 5.40. The van der Waals surface area contributed by atoms with Crippen LogP contribution in [-0.4, -0.2) is 18.6 Å². The minimum absolute atomic E-state index is 0.203. The Labute approximate surface area is 61.7 Å². The minimum Gasteiger partial charge on any atom is -0.373 e. The molecule has 0 amide bonds. The molecule has 1 atom stereocenters. The Morgan fingerprint density at radius 3 is 2.78 bits per heavy atom. The van der Waals surface area contributed by atoms with Gasteiger partial charge in [-0.1, -0.05) is 12.2 Å². The maximum atomic E-state index is 5.40. The molecule has 0 rings (SSSR count). The molecule has 0 spiro atoms. The molecule has 9 heavy (non-hydrogen) atoms. The van der Waals surface area contributed by atoms with Gasteiger partial charge in [0.2, 0.25) is 0 Å². The van der Waals surface area contributed by atoms with E-state index in [-0.39, 0.29) is 6.10 Å². The van der Waals surface area contributed by atoms with Crippen LogP contribution in [0.2, 0.25) is 0 Å². The van der Waals surface area contributed by atoms with Gasteiger partial charge in [-0.2, -0.15) is 0 Å². The van der Waals surface area contributed by atoms with Gasteiger partial charge in [0.25, 0.3) is 0 Å². The molecule has 0 aliphatic carbocycles. The van der Waals surface area contributed by atoms with Gasteiger partial charge in [0.05, 0.1) is 12.7 Å². The third kappa shape index (κ3) is 5.87. The Morgan fingerprint density at radius 1 is 1.67 bits per heavy atom. The normalized spacial score (nSPS) is 14.6. The zero-order chi connectivity index (χ0) is 7.11. The Morgan fingerprint density at radius 2 is 2.33 bits per heavy atom. The molecule has 0 aliphatic heterocycles. The fourth-order valence-corrected chi connectivity index (χ4v) is 0.646. The Kier molecular flexibility index (Phi) is 6.11. The fraction of sp³-hybridized carbons (Fsp3) is 0.714. The van der Waals surface area contributed by atoms with E-state index >= 15 is 0 Å². The molecule has 0 N–H and O–H groups in total. The predicted molar refractivity (Wildman–Crippen MR) is 40.9 cm³/mol. The Bertz CT molecular complexity index is 81.0. The van der Waals surface area contributed by atoms with Crippen LogP contribution >= 0.6 is 11.6 Å². The summed E-state index contributed by atoms with van der Waals surface area (Å²) < 4.78 is 5.21. The SMILES string of the molecule is C/C=C/C(C)OCCCl. The smallest absolute Gasteiger partial charge is 0.0728 e. The van der Waals surface area contributed by atoms with Crippen molar-refractivity contribution in [3.05, 3.63) is 12.2 Å². The van der Waals surface area contributed by atoms with Gasteiger partial charge < -0.3 is 4.74 Å². The zero-order valence-electron chi connectivity index (χ0n) is 5.93. The van der Waals surface area contributed by atoms with E-state index in [0.717, 1.165) is 0 Å². The quantitative estimate of drug-likeness (QED) is 0.439. The van der Waals surface area contributed by atoms with Crippen LogP contribution < -0.4 is 0 Å². The average molecular weight is 149 g/mol. The van der Waals surface area contributed by atoms with Crippen molar-refractivity contribution in [3.8, 4) is 0 Å². The monoisotopic (exact) mass is 148 g/mol. The molecule has 0 saturated carbocycles. The highest BCUT2D eigenvalue weighted by molar-refractivity contribution is 6.17. The number of ether oxygens (including phenoxy) is 1. The van der Waals surface area contributed by atoms with E-state index in [9.17, 15) is 0 Å². The lowest BCUT2D eigenvalue weighted by atomic mass is 10.4. The summed E-state index contributed by atoms with van der Waals surface area (Å²) >= 11 is 5.40. The highest BCUT2D eigenvalue weighted by Gasteiger charge is 1.92. The van der Waals surface area contributed by atoms with E-state index in [2.05, 4.69) is 0 Å². The first-order valence-corrected chi connectivity index (χ1v) is 3.65.